The molecule has 6 rings (SSSR count). The van der Waals surface area contributed by atoms with Crippen molar-refractivity contribution >= 4 is 66.4 Å². The van der Waals surface area contributed by atoms with E-state index in [9.17, 15) is 14.0 Å². The number of anilines is 3. The number of nitrogens with two attached hydrogens (primary N) is 3. The lowest BCUT2D eigenvalue weighted by molar-refractivity contribution is -0.204. The van der Waals surface area contributed by atoms with E-state index in [1.54, 1.807) is 24.2 Å². The molecule has 0 saturated carbocycles. The van der Waals surface area contributed by atoms with E-state index in [1.165, 1.54) is 6.33 Å². The molecule has 0 aromatic carbocycles. The Morgan fingerprint density at radius 2 is 1.37 bits per heavy atom. The summed E-state index contributed by atoms with van der Waals surface area (Å²) in [5.74, 6) is -0.971. The van der Waals surface area contributed by atoms with Crippen LogP contribution in [0.3, 0.4) is 0 Å². The van der Waals surface area contributed by atoms with Crippen LogP contribution in [-0.4, -0.2) is 81.2 Å². The van der Waals surface area contributed by atoms with E-state index >= 15 is 0 Å². The van der Waals surface area contributed by atoms with Gasteiger partial charge in [-0.05, 0) is 39.0 Å². The lowest BCUT2D eigenvalue weighted by atomic mass is 10.2. The summed E-state index contributed by atoms with van der Waals surface area (Å²) in [4.78, 5) is 44.3. The number of imidazole rings is 2. The maximum absolute atomic E-state index is 12.1. The standard InChI is InChI=1S/C12H17ClN5O2P.C10H15N6O4P.H3N/c1-21(2,19)8-4-3-7(20-8)5-18-6-15-9-10(13)16-12(14)17-11(9)18;11-8-7-9(15-10(12)14-8)16(4-13-7)3-5-1-2-6(20-5)21(17,18)19;/h6-8H,3-5H2,1-2H3,(H2,14,16,17);4-6H,1-3H2,(H2,17,18,19)(H4,11,12,14,15);1H3/t7-,8-;5-,6?;/m11./s1. The van der Waals surface area contributed by atoms with Crippen LogP contribution in [0.2, 0.25) is 5.15 Å². The Balaban J connectivity index is 0.000000192. The summed E-state index contributed by atoms with van der Waals surface area (Å²) < 4.78 is 37.9. The molecular formula is C22H35ClN12O6P2. The normalized spacial score (nSPS) is 23.6. The van der Waals surface area contributed by atoms with Crippen LogP contribution in [0, 0.1) is 0 Å². The monoisotopic (exact) mass is 660 g/mol. The van der Waals surface area contributed by atoms with Crippen LogP contribution in [0.1, 0.15) is 25.7 Å². The second kappa shape index (κ2) is 12.6. The molecule has 4 aromatic rings. The molecule has 2 saturated heterocycles. The summed E-state index contributed by atoms with van der Waals surface area (Å²) in [7, 11) is -6.69. The van der Waals surface area contributed by atoms with Crippen molar-refractivity contribution in [3.8, 4) is 0 Å². The average Bonchev–Trinajstić information content (AvgIpc) is 3.67. The molecule has 2 aliphatic rings. The SMILES string of the molecule is CP(C)(=O)[C@@H]1CC[C@H](Cn2cnc3c(Cl)nc(N)nc32)O1.Nc1nc(N)c2ncn(C[C@H]3CCC(P(=O)([O-])O)O3)c2n1.[NH4+]. The Bertz CT molecular complexity index is 1580. The highest BCUT2D eigenvalue weighted by atomic mass is 35.5. The van der Waals surface area contributed by atoms with E-state index in [0.29, 0.717) is 41.8 Å². The van der Waals surface area contributed by atoms with E-state index in [-0.39, 0.29) is 53.5 Å². The molecule has 6 heterocycles. The van der Waals surface area contributed by atoms with Gasteiger partial charge in [-0.15, -0.1) is 0 Å². The molecule has 0 spiro atoms. The zero-order valence-corrected chi connectivity index (χ0v) is 26.3. The molecule has 2 unspecified atom stereocenters. The van der Waals surface area contributed by atoms with Gasteiger partial charge < -0.3 is 60.9 Å². The fourth-order valence-corrected chi connectivity index (χ4v) is 7.21. The Morgan fingerprint density at radius 3 is 1.88 bits per heavy atom. The molecule has 2 fully saturated rings. The van der Waals surface area contributed by atoms with Crippen molar-refractivity contribution in [2.75, 3.05) is 30.5 Å². The number of aromatic nitrogens is 8. The third-order valence-corrected chi connectivity index (χ3v) is 10.1. The molecular weight excluding hydrogens is 626 g/mol. The van der Waals surface area contributed by atoms with E-state index < -0.39 is 20.6 Å². The van der Waals surface area contributed by atoms with Gasteiger partial charge in [0.05, 0.1) is 38.0 Å². The molecule has 11 N–H and O–H groups in total. The van der Waals surface area contributed by atoms with Crippen molar-refractivity contribution in [3.05, 3.63) is 17.8 Å². The first-order valence-electron chi connectivity index (χ1n) is 13.0. The second-order valence-corrected chi connectivity index (χ2v) is 16.1. The molecule has 0 amide bonds. The summed E-state index contributed by atoms with van der Waals surface area (Å²) in [5, 5.41) is 0.244. The topological polar surface area (TPSA) is 298 Å². The van der Waals surface area contributed by atoms with Crippen molar-refractivity contribution in [3.63, 3.8) is 0 Å². The first-order chi connectivity index (χ1) is 19.7. The zero-order valence-electron chi connectivity index (χ0n) is 23.8. The quantitative estimate of drug-likeness (QED) is 0.145. The number of fused-ring (bicyclic) bond motifs is 2. The molecule has 0 radical (unpaired) electrons. The molecule has 0 aliphatic carbocycles. The fourth-order valence-electron chi connectivity index (χ4n) is 4.95. The molecule has 43 heavy (non-hydrogen) atoms. The van der Waals surface area contributed by atoms with Gasteiger partial charge in [0.25, 0.3) is 0 Å². The van der Waals surface area contributed by atoms with Crippen molar-refractivity contribution in [2.45, 2.75) is 62.7 Å². The van der Waals surface area contributed by atoms with E-state index in [2.05, 4.69) is 29.9 Å². The van der Waals surface area contributed by atoms with E-state index in [1.807, 2.05) is 4.57 Å². The first kappa shape index (κ1) is 33.0. The second-order valence-electron chi connectivity index (χ2n) is 10.6. The Morgan fingerprint density at radius 1 is 0.884 bits per heavy atom. The number of nitrogen functional groups attached to an aromatic ring is 3. The van der Waals surface area contributed by atoms with E-state index in [4.69, 9.17) is 43.2 Å². The summed E-state index contributed by atoms with van der Waals surface area (Å²) >= 11 is 6.00. The molecule has 21 heteroatoms. The summed E-state index contributed by atoms with van der Waals surface area (Å²) in [5.41, 5.74) is 18.9. The van der Waals surface area contributed by atoms with Crippen molar-refractivity contribution < 1.29 is 28.4 Å². The van der Waals surface area contributed by atoms with Gasteiger partial charge in [0, 0.05) is 0 Å². The smallest absolute Gasteiger partial charge is 0.224 e. The lowest BCUT2D eigenvalue weighted by Crippen LogP contribution is -2.20. The van der Waals surface area contributed by atoms with Crippen LogP contribution in [-0.2, 0) is 31.7 Å². The summed E-state index contributed by atoms with van der Waals surface area (Å²) in [6.07, 6.45) is 5.25. The first-order valence-corrected chi connectivity index (χ1v) is 17.6. The minimum absolute atomic E-state index is 0. The van der Waals surface area contributed by atoms with Crippen LogP contribution in [0.25, 0.3) is 22.3 Å². The number of nitrogens with zero attached hydrogens (tertiary/aromatic N) is 8. The average molecular weight is 661 g/mol. The van der Waals surface area contributed by atoms with Gasteiger partial charge in [0.15, 0.2) is 29.9 Å². The van der Waals surface area contributed by atoms with Gasteiger partial charge in [0.1, 0.15) is 29.9 Å². The maximum atomic E-state index is 12.1. The van der Waals surface area contributed by atoms with E-state index in [0.717, 1.165) is 12.8 Å². The lowest BCUT2D eigenvalue weighted by Gasteiger charge is -2.23. The Hall–Kier alpha value is -2.95. The number of halogens is 1. The highest BCUT2D eigenvalue weighted by Crippen LogP contribution is 2.49. The van der Waals surface area contributed by atoms with Gasteiger partial charge in [0.2, 0.25) is 11.9 Å². The minimum Gasteiger partial charge on any atom is -0.777 e. The Kier molecular flexibility index (Phi) is 9.64. The highest BCUT2D eigenvalue weighted by Gasteiger charge is 2.34. The van der Waals surface area contributed by atoms with Crippen LogP contribution < -0.4 is 28.2 Å². The highest BCUT2D eigenvalue weighted by molar-refractivity contribution is 7.62. The number of rotatable bonds is 6. The number of hydrogen-bond acceptors (Lipinski definition) is 14. The molecule has 4 aromatic heterocycles. The molecule has 236 valence electrons. The maximum Gasteiger partial charge on any atom is 0.224 e. The van der Waals surface area contributed by atoms with Crippen LogP contribution in [0.5, 0.6) is 0 Å². The number of quaternary nitrogens is 1. The van der Waals surface area contributed by atoms with Crippen molar-refractivity contribution in [1.82, 2.24) is 45.2 Å². The Labute approximate surface area is 250 Å². The fraction of sp³-hybridized carbons (Fsp3) is 0.545. The predicted molar refractivity (Wildman–Crippen MR) is 160 cm³/mol. The van der Waals surface area contributed by atoms with Gasteiger partial charge in [-0.1, -0.05) is 11.6 Å². The van der Waals surface area contributed by atoms with Gasteiger partial charge in [-0.25, -0.2) is 9.97 Å². The zero-order chi connectivity index (χ0) is 30.4. The largest absolute Gasteiger partial charge is 0.777 e. The summed E-state index contributed by atoms with van der Waals surface area (Å²) in [6, 6.07) is 0. The van der Waals surface area contributed by atoms with Crippen LogP contribution in [0.15, 0.2) is 12.7 Å². The van der Waals surface area contributed by atoms with Gasteiger partial charge in [-0.3, -0.25) is 0 Å². The van der Waals surface area contributed by atoms with Gasteiger partial charge in [-0.2, -0.15) is 19.9 Å². The third kappa shape index (κ3) is 7.41. The minimum atomic E-state index is -4.47. The summed E-state index contributed by atoms with van der Waals surface area (Å²) in [6.45, 7) is 4.45. The molecule has 2 aliphatic heterocycles. The molecule has 0 bridgehead atoms. The van der Waals surface area contributed by atoms with Gasteiger partial charge >= 0.3 is 0 Å². The van der Waals surface area contributed by atoms with Crippen molar-refractivity contribution in [2.24, 2.45) is 0 Å². The third-order valence-electron chi connectivity index (χ3n) is 6.98. The van der Waals surface area contributed by atoms with Crippen LogP contribution in [0.4, 0.5) is 17.7 Å². The molecule has 5 atom stereocenters. The predicted octanol–water partition coefficient (Wildman–Crippen LogP) is 1.61. The van der Waals surface area contributed by atoms with Crippen molar-refractivity contribution in [1.29, 1.82) is 0 Å². The van der Waals surface area contributed by atoms with Crippen LogP contribution >= 0.6 is 26.3 Å². The number of hydrogen-bond donors (Lipinski definition) is 5. The number of ether oxygens (including phenoxy) is 2. The molecule has 18 nitrogen and oxygen atoms in total.